The normalized spacial score (nSPS) is 36.1. The Hall–Kier alpha value is -1.92. The number of allylic oxidation sites excluding steroid dienone is 1. The molecule has 3 nitrogen and oxygen atoms in total. The van der Waals surface area contributed by atoms with Crippen LogP contribution >= 0.6 is 0 Å². The van der Waals surface area contributed by atoms with Crippen LogP contribution in [0.5, 0.6) is 0 Å². The second-order valence-electron chi connectivity index (χ2n) is 15.1. The van der Waals surface area contributed by atoms with Gasteiger partial charge in [0, 0.05) is 16.9 Å². The first-order valence-corrected chi connectivity index (χ1v) is 16.4. The molecule has 42 heavy (non-hydrogen) atoms. The Labute approximate surface area is 250 Å². The summed E-state index contributed by atoms with van der Waals surface area (Å²) < 4.78 is 62.7. The van der Waals surface area contributed by atoms with Crippen molar-refractivity contribution >= 4 is 11.4 Å². The number of hydrogen-bond acceptors (Lipinski definition) is 3. The minimum absolute atomic E-state index is 0.109. The fraction of sp³-hybridized carbons (Fsp3) is 0.771. The second kappa shape index (κ2) is 11.5. The molecule has 0 aliphatic heterocycles. The van der Waals surface area contributed by atoms with E-state index >= 15 is 0 Å². The fourth-order valence-corrected chi connectivity index (χ4v) is 10.5. The largest absolute Gasteiger partial charge is 0.468 e. The summed E-state index contributed by atoms with van der Waals surface area (Å²) in [6.07, 6.45) is 12.3. The van der Waals surface area contributed by atoms with Crippen molar-refractivity contribution in [3.63, 3.8) is 0 Å². The number of nitrogens with two attached hydrogens (primary N) is 2. The molecule has 8 atom stereocenters. The van der Waals surface area contributed by atoms with Crippen molar-refractivity contribution in [1.82, 2.24) is 0 Å². The number of nitrogen functional groups attached to an aromatic ring is 2. The summed E-state index contributed by atoms with van der Waals surface area (Å²) in [5.41, 5.74) is 11.4. The standard InChI is InChI=1S/C35H52F4N2O/c1-22(21-42-35(38,39)34(36,37)25-18-26(40)20-27(41)19-25)8-7-9-23(2)29-13-14-30-28-12-11-24-10-5-6-16-32(24,3)31(28)15-17-33(29,30)4/h18-21,23-24,28-31H,5-17,40-41H2,1-4H3/t23-,24?,28+,29-,30+,31+,32+,33-/m1/s1. The highest BCUT2D eigenvalue weighted by Gasteiger charge is 2.61. The van der Waals surface area contributed by atoms with Gasteiger partial charge in [0.2, 0.25) is 0 Å². The van der Waals surface area contributed by atoms with Crippen molar-refractivity contribution in [3.05, 3.63) is 35.6 Å². The molecule has 1 unspecified atom stereocenters. The summed E-state index contributed by atoms with van der Waals surface area (Å²) >= 11 is 0. The molecule has 236 valence electrons. The zero-order chi connectivity index (χ0) is 30.5. The quantitative estimate of drug-likeness (QED) is 0.170. The average Bonchev–Trinajstić information content (AvgIpc) is 3.28. The Kier molecular flexibility index (Phi) is 8.65. The van der Waals surface area contributed by atoms with Crippen molar-refractivity contribution in [2.45, 2.75) is 123 Å². The Morgan fingerprint density at radius 2 is 1.62 bits per heavy atom. The number of benzene rings is 1. The molecule has 4 N–H and O–H groups in total. The van der Waals surface area contributed by atoms with Crippen molar-refractivity contribution in [2.24, 2.45) is 46.3 Å². The van der Waals surface area contributed by atoms with Gasteiger partial charge in [0.1, 0.15) is 0 Å². The van der Waals surface area contributed by atoms with Crippen LogP contribution in [0.3, 0.4) is 0 Å². The Bertz CT molecular complexity index is 1130. The van der Waals surface area contributed by atoms with Gasteiger partial charge in [-0.1, -0.05) is 40.0 Å². The first kappa shape index (κ1) is 31.5. The zero-order valence-electron chi connectivity index (χ0n) is 26.0. The highest BCUT2D eigenvalue weighted by atomic mass is 19.3. The number of fused-ring (bicyclic) bond motifs is 5. The molecule has 0 radical (unpaired) electrons. The highest BCUT2D eigenvalue weighted by Crippen LogP contribution is 2.68. The van der Waals surface area contributed by atoms with E-state index in [0.717, 1.165) is 54.9 Å². The fourth-order valence-electron chi connectivity index (χ4n) is 10.5. The van der Waals surface area contributed by atoms with E-state index in [2.05, 4.69) is 25.5 Å². The van der Waals surface area contributed by atoms with E-state index in [-0.39, 0.29) is 11.4 Å². The molecule has 1 aromatic rings. The summed E-state index contributed by atoms with van der Waals surface area (Å²) in [7, 11) is 0. The molecular formula is C35H52F4N2O. The van der Waals surface area contributed by atoms with Crippen molar-refractivity contribution < 1.29 is 22.3 Å². The van der Waals surface area contributed by atoms with Gasteiger partial charge in [0.15, 0.2) is 0 Å². The highest BCUT2D eigenvalue weighted by molar-refractivity contribution is 5.55. The van der Waals surface area contributed by atoms with Crippen LogP contribution in [0.25, 0.3) is 0 Å². The predicted molar refractivity (Wildman–Crippen MR) is 162 cm³/mol. The number of ether oxygens (including phenoxy) is 1. The molecule has 4 aliphatic carbocycles. The number of halogens is 4. The molecule has 4 aliphatic rings. The van der Waals surface area contributed by atoms with Gasteiger partial charge in [-0.2, -0.15) is 17.6 Å². The van der Waals surface area contributed by atoms with E-state index in [4.69, 9.17) is 11.5 Å². The van der Waals surface area contributed by atoms with E-state index in [1.165, 1.54) is 70.3 Å². The van der Waals surface area contributed by atoms with Crippen LogP contribution in [0, 0.1) is 46.3 Å². The van der Waals surface area contributed by atoms with Crippen molar-refractivity contribution in [1.29, 1.82) is 0 Å². The molecule has 0 spiro atoms. The van der Waals surface area contributed by atoms with Gasteiger partial charge in [0.05, 0.1) is 6.26 Å². The molecular weight excluding hydrogens is 540 g/mol. The third-order valence-electron chi connectivity index (χ3n) is 12.7. The summed E-state index contributed by atoms with van der Waals surface area (Å²) in [5, 5.41) is 0. The number of hydrogen-bond donors (Lipinski definition) is 2. The lowest BCUT2D eigenvalue weighted by molar-refractivity contribution is -0.334. The van der Waals surface area contributed by atoms with E-state index in [9.17, 15) is 17.6 Å². The van der Waals surface area contributed by atoms with Gasteiger partial charge in [0.25, 0.3) is 0 Å². The van der Waals surface area contributed by atoms with Gasteiger partial charge >= 0.3 is 12.0 Å². The molecule has 0 bridgehead atoms. The molecule has 5 rings (SSSR count). The molecule has 0 amide bonds. The van der Waals surface area contributed by atoms with E-state index in [1.807, 2.05) is 0 Å². The van der Waals surface area contributed by atoms with Crippen LogP contribution in [0.2, 0.25) is 0 Å². The lowest BCUT2D eigenvalue weighted by atomic mass is 9.44. The molecule has 7 heteroatoms. The topological polar surface area (TPSA) is 61.3 Å². The Morgan fingerprint density at radius 3 is 2.33 bits per heavy atom. The predicted octanol–water partition coefficient (Wildman–Crippen LogP) is 10.3. The van der Waals surface area contributed by atoms with E-state index < -0.39 is 17.6 Å². The number of alkyl halides is 4. The van der Waals surface area contributed by atoms with Crippen molar-refractivity contribution in [3.8, 4) is 0 Å². The van der Waals surface area contributed by atoms with Gasteiger partial charge in [-0.3, -0.25) is 0 Å². The maximum atomic E-state index is 14.6. The third kappa shape index (κ3) is 5.56. The summed E-state index contributed by atoms with van der Waals surface area (Å²) in [6, 6.07) is 2.84. The maximum absolute atomic E-state index is 14.6. The van der Waals surface area contributed by atoms with Crippen LogP contribution in [-0.2, 0) is 10.7 Å². The smallest absolute Gasteiger partial charge is 0.436 e. The van der Waals surface area contributed by atoms with Crippen LogP contribution in [0.15, 0.2) is 30.0 Å². The number of anilines is 2. The molecule has 4 saturated carbocycles. The van der Waals surface area contributed by atoms with Crippen LogP contribution in [0.1, 0.15) is 117 Å². The molecule has 1 aromatic carbocycles. The first-order chi connectivity index (χ1) is 19.7. The van der Waals surface area contributed by atoms with Crippen LogP contribution in [-0.4, -0.2) is 6.11 Å². The summed E-state index contributed by atoms with van der Waals surface area (Å²) in [6.45, 7) is 9.24. The molecule has 0 saturated heterocycles. The zero-order valence-corrected chi connectivity index (χ0v) is 26.0. The lowest BCUT2D eigenvalue weighted by Crippen LogP contribution is -2.53. The Morgan fingerprint density at radius 1 is 0.929 bits per heavy atom. The van der Waals surface area contributed by atoms with E-state index in [0.29, 0.717) is 34.7 Å². The van der Waals surface area contributed by atoms with Crippen LogP contribution in [0.4, 0.5) is 28.9 Å². The minimum atomic E-state index is -4.73. The number of rotatable bonds is 9. The second-order valence-corrected chi connectivity index (χ2v) is 15.1. The third-order valence-corrected chi connectivity index (χ3v) is 12.7. The monoisotopic (exact) mass is 592 g/mol. The van der Waals surface area contributed by atoms with E-state index in [1.54, 1.807) is 6.92 Å². The maximum Gasteiger partial charge on any atom is 0.468 e. The van der Waals surface area contributed by atoms with Gasteiger partial charge < -0.3 is 16.2 Å². The SMILES string of the molecule is CC(=COC(F)(F)C(F)(F)c1cc(N)cc(N)c1)CCC[C@@H](C)[C@H]1CC[C@H]2[C@@H]3CCC4CCCC[C@]4(C)[C@H]3CC[C@]12C. The Balaban J connectivity index is 1.15. The van der Waals surface area contributed by atoms with Crippen molar-refractivity contribution in [2.75, 3.05) is 11.5 Å². The minimum Gasteiger partial charge on any atom is -0.436 e. The first-order valence-electron chi connectivity index (χ1n) is 16.4. The lowest BCUT2D eigenvalue weighted by Gasteiger charge is -2.61. The molecule has 4 fully saturated rings. The molecule has 0 aromatic heterocycles. The summed E-state index contributed by atoms with van der Waals surface area (Å²) in [4.78, 5) is 0. The van der Waals surface area contributed by atoms with Gasteiger partial charge in [-0.05, 0) is 141 Å². The van der Waals surface area contributed by atoms with Gasteiger partial charge in [-0.15, -0.1) is 0 Å². The van der Waals surface area contributed by atoms with Crippen LogP contribution < -0.4 is 11.5 Å². The average molecular weight is 593 g/mol. The molecule has 0 heterocycles. The summed E-state index contributed by atoms with van der Waals surface area (Å²) in [5.74, 6) is 0.210. The van der Waals surface area contributed by atoms with Gasteiger partial charge in [-0.25, -0.2) is 0 Å².